The van der Waals surface area contributed by atoms with E-state index in [9.17, 15) is 32.0 Å². The SMILES string of the molecule is COCCN1CC(c2nnc(-c3ccc4c(c3)N(Cc3ccc(C#N)cc3)C(=O)[C@@H](NC(=O)OC(C)(C)C)CS4(=O)=O)o2)CC(F)(F)C1. The Morgan fingerprint density at radius 3 is 2.58 bits per heavy atom. The van der Waals surface area contributed by atoms with Crippen molar-refractivity contribution in [3.8, 4) is 17.5 Å². The lowest BCUT2D eigenvalue weighted by Gasteiger charge is -2.36. The Kier molecular flexibility index (Phi) is 9.86. The molecule has 1 N–H and O–H groups in total. The molecule has 2 aliphatic rings. The Hall–Kier alpha value is -4.46. The van der Waals surface area contributed by atoms with Gasteiger partial charge in [-0.2, -0.15) is 5.26 Å². The minimum atomic E-state index is -4.17. The van der Waals surface area contributed by atoms with Gasteiger partial charge in [0.15, 0.2) is 9.84 Å². The summed E-state index contributed by atoms with van der Waals surface area (Å²) in [6.07, 6.45) is -1.45. The number of nitriles is 1. The Morgan fingerprint density at radius 1 is 1.19 bits per heavy atom. The van der Waals surface area contributed by atoms with Crippen molar-refractivity contribution in [2.24, 2.45) is 0 Å². The van der Waals surface area contributed by atoms with E-state index >= 15 is 0 Å². The minimum absolute atomic E-state index is 0.00139. The molecule has 13 nitrogen and oxygen atoms in total. The molecule has 256 valence electrons. The predicted octanol–water partition coefficient (Wildman–Crippen LogP) is 3.89. The van der Waals surface area contributed by atoms with E-state index in [0.29, 0.717) is 17.7 Å². The number of alkyl carbamates (subject to hydrolysis) is 1. The second-order valence-electron chi connectivity index (χ2n) is 12.8. The van der Waals surface area contributed by atoms with Crippen molar-refractivity contribution in [2.45, 2.75) is 62.1 Å². The molecule has 0 aliphatic carbocycles. The molecule has 16 heteroatoms. The van der Waals surface area contributed by atoms with E-state index in [2.05, 4.69) is 15.5 Å². The maximum atomic E-state index is 14.6. The summed E-state index contributed by atoms with van der Waals surface area (Å²) < 4.78 is 72.8. The molecule has 1 unspecified atom stereocenters. The molecule has 0 spiro atoms. The fraction of sp³-hybridized carbons (Fsp3) is 0.469. The Labute approximate surface area is 276 Å². The Morgan fingerprint density at radius 2 is 1.92 bits per heavy atom. The van der Waals surface area contributed by atoms with E-state index in [1.165, 1.54) is 30.2 Å². The highest BCUT2D eigenvalue weighted by Gasteiger charge is 2.43. The molecule has 1 saturated heterocycles. The van der Waals surface area contributed by atoms with Crippen LogP contribution in [0.5, 0.6) is 0 Å². The lowest BCUT2D eigenvalue weighted by atomic mass is 9.95. The number of aromatic nitrogens is 2. The average molecular weight is 687 g/mol. The second-order valence-corrected chi connectivity index (χ2v) is 14.8. The molecule has 3 aromatic rings. The predicted molar refractivity (Wildman–Crippen MR) is 168 cm³/mol. The maximum absolute atomic E-state index is 14.6. The van der Waals surface area contributed by atoms with Crippen molar-refractivity contribution in [3.05, 3.63) is 59.5 Å². The number of rotatable bonds is 8. The molecule has 2 atom stereocenters. The number of halogens is 2. The van der Waals surface area contributed by atoms with Gasteiger partial charge < -0.3 is 24.1 Å². The highest BCUT2D eigenvalue weighted by atomic mass is 32.2. The molecular weight excluding hydrogens is 650 g/mol. The number of sulfone groups is 1. The van der Waals surface area contributed by atoms with Crippen molar-refractivity contribution < 1.29 is 40.7 Å². The first-order valence-electron chi connectivity index (χ1n) is 15.2. The number of carbonyl (C=O) groups is 2. The van der Waals surface area contributed by atoms with Gasteiger partial charge >= 0.3 is 6.09 Å². The highest BCUT2D eigenvalue weighted by Crippen LogP contribution is 2.38. The number of nitrogens with one attached hydrogen (secondary N) is 1. The van der Waals surface area contributed by atoms with Gasteiger partial charge in [0.25, 0.3) is 11.8 Å². The number of fused-ring (bicyclic) bond motifs is 1. The highest BCUT2D eigenvalue weighted by molar-refractivity contribution is 7.91. The van der Waals surface area contributed by atoms with Crippen LogP contribution in [0.3, 0.4) is 0 Å². The first kappa shape index (κ1) is 34.9. The fourth-order valence-corrected chi connectivity index (χ4v) is 7.27. The zero-order valence-electron chi connectivity index (χ0n) is 26.9. The van der Waals surface area contributed by atoms with Gasteiger partial charge in [0.1, 0.15) is 11.6 Å². The Bertz CT molecular complexity index is 1820. The summed E-state index contributed by atoms with van der Waals surface area (Å²) in [5, 5.41) is 19.8. The summed E-state index contributed by atoms with van der Waals surface area (Å²) in [7, 11) is -2.67. The number of carbonyl (C=O) groups excluding carboxylic acids is 2. The first-order chi connectivity index (χ1) is 22.6. The van der Waals surface area contributed by atoms with Gasteiger partial charge in [0.2, 0.25) is 11.8 Å². The third kappa shape index (κ3) is 8.15. The van der Waals surface area contributed by atoms with Crippen LogP contribution >= 0.6 is 0 Å². The lowest BCUT2D eigenvalue weighted by Crippen LogP contribution is -2.51. The second kappa shape index (κ2) is 13.6. The van der Waals surface area contributed by atoms with E-state index < -0.39 is 64.0 Å². The van der Waals surface area contributed by atoms with Crippen molar-refractivity contribution in [1.82, 2.24) is 20.4 Å². The third-order valence-electron chi connectivity index (χ3n) is 7.78. The van der Waals surface area contributed by atoms with Crippen molar-refractivity contribution >= 4 is 27.5 Å². The number of nitrogens with zero attached hydrogens (tertiary/aromatic N) is 5. The molecule has 3 heterocycles. The Balaban J connectivity index is 1.51. The normalized spacial score (nSPS) is 20.8. The van der Waals surface area contributed by atoms with Crippen LogP contribution in [0.15, 0.2) is 51.8 Å². The van der Waals surface area contributed by atoms with Crippen LogP contribution in [0.2, 0.25) is 0 Å². The quantitative estimate of drug-likeness (QED) is 0.365. The standard InChI is InChI=1S/C32H36F2N6O7S/c1-31(2,3)47-30(42)36-24-18-48(43,44)26-10-9-22(13-25(26)40(29(24)41)16-21-7-5-20(15-35)6-8-21)27-37-38-28(46-27)23-14-32(33,34)19-39(17-23)11-12-45-4/h5-10,13,23-24H,11-12,14,16-19H2,1-4H3,(H,36,42)/t23?,24-/m0/s1. The largest absolute Gasteiger partial charge is 0.444 e. The maximum Gasteiger partial charge on any atom is 0.408 e. The van der Waals surface area contributed by atoms with Crippen molar-refractivity contribution in [1.29, 1.82) is 5.26 Å². The monoisotopic (exact) mass is 686 g/mol. The summed E-state index contributed by atoms with van der Waals surface area (Å²) >= 11 is 0. The molecule has 2 aromatic carbocycles. The van der Waals surface area contributed by atoms with Crippen LogP contribution < -0.4 is 10.2 Å². The van der Waals surface area contributed by atoms with Crippen LogP contribution in [0.4, 0.5) is 19.3 Å². The van der Waals surface area contributed by atoms with Crippen LogP contribution in [0.1, 0.15) is 50.1 Å². The number of hydrogen-bond acceptors (Lipinski definition) is 11. The van der Waals surface area contributed by atoms with E-state index in [1.54, 1.807) is 49.9 Å². The molecule has 2 amide bonds. The summed E-state index contributed by atoms with van der Waals surface area (Å²) in [6, 6.07) is 11.1. The zero-order chi connectivity index (χ0) is 34.9. The summed E-state index contributed by atoms with van der Waals surface area (Å²) in [4.78, 5) is 29.3. The zero-order valence-corrected chi connectivity index (χ0v) is 27.7. The third-order valence-corrected chi connectivity index (χ3v) is 9.56. The van der Waals surface area contributed by atoms with Gasteiger partial charge in [-0.3, -0.25) is 9.69 Å². The molecule has 1 aromatic heterocycles. The number of alkyl halides is 2. The fourth-order valence-electron chi connectivity index (χ4n) is 5.66. The summed E-state index contributed by atoms with van der Waals surface area (Å²) in [5.41, 5.74) is 0.295. The number of hydrogen-bond donors (Lipinski definition) is 1. The van der Waals surface area contributed by atoms with Gasteiger partial charge in [0.05, 0.1) is 53.6 Å². The summed E-state index contributed by atoms with van der Waals surface area (Å²) in [5.74, 6) is -5.26. The van der Waals surface area contributed by atoms with Gasteiger partial charge in [0, 0.05) is 32.2 Å². The molecule has 5 rings (SSSR count). The molecule has 1 fully saturated rings. The number of benzene rings is 2. The van der Waals surface area contributed by atoms with Gasteiger partial charge in [-0.25, -0.2) is 22.0 Å². The molecule has 48 heavy (non-hydrogen) atoms. The lowest BCUT2D eigenvalue weighted by molar-refractivity contribution is -0.120. The average Bonchev–Trinajstić information content (AvgIpc) is 3.49. The van der Waals surface area contributed by atoms with Crippen LogP contribution in [0, 0.1) is 11.3 Å². The number of likely N-dealkylation sites (tertiary alicyclic amines) is 1. The van der Waals surface area contributed by atoms with E-state index in [-0.39, 0.29) is 47.6 Å². The number of ether oxygens (including phenoxy) is 2. The number of amides is 2. The molecule has 0 bridgehead atoms. The minimum Gasteiger partial charge on any atom is -0.444 e. The van der Waals surface area contributed by atoms with E-state index in [0.717, 1.165) is 0 Å². The van der Waals surface area contributed by atoms with Gasteiger partial charge in [-0.05, 0) is 56.7 Å². The molecule has 0 saturated carbocycles. The van der Waals surface area contributed by atoms with Crippen LogP contribution in [-0.4, -0.2) is 92.2 Å². The molecule has 0 radical (unpaired) electrons. The van der Waals surface area contributed by atoms with Crippen molar-refractivity contribution in [3.63, 3.8) is 0 Å². The molecule has 2 aliphatic heterocycles. The summed E-state index contributed by atoms with van der Waals surface area (Å²) in [6.45, 7) is 5.19. The molecular formula is C32H36F2N6O7S. The van der Waals surface area contributed by atoms with E-state index in [1.807, 2.05) is 6.07 Å². The number of anilines is 1. The van der Waals surface area contributed by atoms with Gasteiger partial charge in [-0.1, -0.05) is 12.1 Å². The van der Waals surface area contributed by atoms with Crippen LogP contribution in [-0.2, 0) is 30.7 Å². The van der Waals surface area contributed by atoms with Crippen LogP contribution in [0.25, 0.3) is 11.5 Å². The first-order valence-corrected chi connectivity index (χ1v) is 16.8. The van der Waals surface area contributed by atoms with E-state index in [4.69, 9.17) is 13.9 Å². The smallest absolute Gasteiger partial charge is 0.408 e. The van der Waals surface area contributed by atoms with Crippen molar-refractivity contribution in [2.75, 3.05) is 44.0 Å². The topological polar surface area (TPSA) is 168 Å². The van der Waals surface area contributed by atoms with Gasteiger partial charge in [-0.15, -0.1) is 10.2 Å². The number of piperidine rings is 1. The number of methoxy groups -OCH3 is 1.